The van der Waals surface area contributed by atoms with Crippen molar-refractivity contribution in [2.45, 2.75) is 57.5 Å². The van der Waals surface area contributed by atoms with Crippen LogP contribution < -0.4 is 5.32 Å². The summed E-state index contributed by atoms with van der Waals surface area (Å²) in [4.78, 5) is 13.9. The maximum absolute atomic E-state index is 11.8. The highest BCUT2D eigenvalue weighted by molar-refractivity contribution is 5.77. The van der Waals surface area contributed by atoms with Crippen LogP contribution in [0.25, 0.3) is 0 Å². The molecule has 1 amide bonds. The highest BCUT2D eigenvalue weighted by Gasteiger charge is 2.19. The maximum Gasteiger partial charge on any atom is 0.234 e. The molecule has 0 aromatic heterocycles. The standard InChI is InChI=1S/C15H28N2O2/c18-14-7-4-10-17(11-14)12-15(19)16-9-8-13-5-2-1-3-6-13/h13-14,18H,1-12H2,(H,16,19). The normalized spacial score (nSPS) is 26.3. The number of β-amino-alcohol motifs (C(OH)–C–C–N with tert-alkyl or cyclic N) is 1. The van der Waals surface area contributed by atoms with Crippen LogP contribution in [0, 0.1) is 5.92 Å². The molecule has 0 bridgehead atoms. The number of carbonyl (C=O) groups excluding carboxylic acids is 1. The summed E-state index contributed by atoms with van der Waals surface area (Å²) in [6, 6.07) is 0. The van der Waals surface area contributed by atoms with Crippen LogP contribution >= 0.6 is 0 Å². The van der Waals surface area contributed by atoms with Gasteiger partial charge in [0, 0.05) is 13.1 Å². The molecule has 4 nitrogen and oxygen atoms in total. The van der Waals surface area contributed by atoms with Crippen LogP contribution in [0.5, 0.6) is 0 Å². The summed E-state index contributed by atoms with van der Waals surface area (Å²) < 4.78 is 0. The molecule has 19 heavy (non-hydrogen) atoms. The third-order valence-corrected chi connectivity index (χ3v) is 4.45. The first-order valence-electron chi connectivity index (χ1n) is 7.91. The number of hydrogen-bond donors (Lipinski definition) is 2. The van der Waals surface area contributed by atoms with Crippen LogP contribution in [-0.4, -0.2) is 48.2 Å². The summed E-state index contributed by atoms with van der Waals surface area (Å²) in [5.41, 5.74) is 0. The average molecular weight is 268 g/mol. The van der Waals surface area contributed by atoms with Gasteiger partial charge in [0.2, 0.25) is 5.91 Å². The zero-order valence-electron chi connectivity index (χ0n) is 11.9. The Hall–Kier alpha value is -0.610. The fourth-order valence-corrected chi connectivity index (χ4v) is 3.33. The Morgan fingerprint density at radius 2 is 1.95 bits per heavy atom. The number of nitrogens with zero attached hydrogens (tertiary/aromatic N) is 1. The van der Waals surface area contributed by atoms with Gasteiger partial charge in [0.25, 0.3) is 0 Å². The summed E-state index contributed by atoms with van der Waals surface area (Å²) >= 11 is 0. The number of rotatable bonds is 5. The van der Waals surface area contributed by atoms with Crippen molar-refractivity contribution in [1.29, 1.82) is 0 Å². The minimum atomic E-state index is -0.246. The van der Waals surface area contributed by atoms with E-state index in [1.165, 1.54) is 32.1 Å². The van der Waals surface area contributed by atoms with E-state index in [1.807, 2.05) is 0 Å². The molecule has 2 rings (SSSR count). The third kappa shape index (κ3) is 5.49. The number of hydrogen-bond acceptors (Lipinski definition) is 3. The van der Waals surface area contributed by atoms with E-state index in [0.29, 0.717) is 13.1 Å². The number of likely N-dealkylation sites (tertiary alicyclic amines) is 1. The van der Waals surface area contributed by atoms with Gasteiger partial charge in [-0.25, -0.2) is 0 Å². The van der Waals surface area contributed by atoms with Gasteiger partial charge in [0.15, 0.2) is 0 Å². The Morgan fingerprint density at radius 1 is 1.16 bits per heavy atom. The monoisotopic (exact) mass is 268 g/mol. The second-order valence-electron chi connectivity index (χ2n) is 6.17. The quantitative estimate of drug-likeness (QED) is 0.795. The zero-order valence-corrected chi connectivity index (χ0v) is 11.9. The molecule has 2 fully saturated rings. The highest BCUT2D eigenvalue weighted by Crippen LogP contribution is 2.25. The molecule has 2 N–H and O–H groups in total. The second-order valence-corrected chi connectivity index (χ2v) is 6.17. The second kappa shape index (κ2) is 7.85. The molecule has 1 atom stereocenters. The van der Waals surface area contributed by atoms with Gasteiger partial charge in [-0.1, -0.05) is 32.1 Å². The summed E-state index contributed by atoms with van der Waals surface area (Å²) in [5, 5.41) is 12.6. The summed E-state index contributed by atoms with van der Waals surface area (Å²) in [6.07, 6.45) is 9.56. The molecule has 110 valence electrons. The molecule has 1 aliphatic carbocycles. The van der Waals surface area contributed by atoms with Gasteiger partial charge in [0.05, 0.1) is 12.6 Å². The Kier molecular flexibility index (Phi) is 6.11. The third-order valence-electron chi connectivity index (χ3n) is 4.45. The van der Waals surface area contributed by atoms with Gasteiger partial charge in [0.1, 0.15) is 0 Å². The molecular formula is C15H28N2O2. The van der Waals surface area contributed by atoms with Gasteiger partial charge >= 0.3 is 0 Å². The Bertz CT molecular complexity index is 277. The first kappa shape index (κ1) is 14.8. The first-order chi connectivity index (χ1) is 9.24. The lowest BCUT2D eigenvalue weighted by Crippen LogP contribution is -2.44. The minimum absolute atomic E-state index is 0.116. The predicted octanol–water partition coefficient (Wildman–Crippen LogP) is 1.53. The molecule has 0 radical (unpaired) electrons. The molecule has 1 heterocycles. The largest absolute Gasteiger partial charge is 0.392 e. The van der Waals surface area contributed by atoms with Gasteiger partial charge in [-0.15, -0.1) is 0 Å². The van der Waals surface area contributed by atoms with Crippen molar-refractivity contribution in [3.63, 3.8) is 0 Å². The van der Waals surface area contributed by atoms with Crippen molar-refractivity contribution in [3.05, 3.63) is 0 Å². The molecule has 1 saturated carbocycles. The Labute approximate surface area is 116 Å². The molecule has 1 unspecified atom stereocenters. The van der Waals surface area contributed by atoms with Crippen molar-refractivity contribution in [2.75, 3.05) is 26.2 Å². The van der Waals surface area contributed by atoms with Crippen LogP contribution in [0.3, 0.4) is 0 Å². The van der Waals surface area contributed by atoms with Crippen LogP contribution in [0.2, 0.25) is 0 Å². The van der Waals surface area contributed by atoms with Gasteiger partial charge in [-0.3, -0.25) is 9.69 Å². The lowest BCUT2D eigenvalue weighted by molar-refractivity contribution is -0.122. The molecule has 2 aliphatic rings. The van der Waals surface area contributed by atoms with Crippen molar-refractivity contribution < 1.29 is 9.90 Å². The fourth-order valence-electron chi connectivity index (χ4n) is 3.33. The van der Waals surface area contributed by atoms with Crippen LogP contribution in [0.1, 0.15) is 51.4 Å². The number of amides is 1. The van der Waals surface area contributed by atoms with Crippen LogP contribution in [0.15, 0.2) is 0 Å². The maximum atomic E-state index is 11.8. The number of aliphatic hydroxyl groups is 1. The zero-order chi connectivity index (χ0) is 13.5. The average Bonchev–Trinajstić information content (AvgIpc) is 2.40. The molecule has 4 heteroatoms. The predicted molar refractivity (Wildman–Crippen MR) is 75.9 cm³/mol. The number of nitrogens with one attached hydrogen (secondary N) is 1. The van der Waals surface area contributed by atoms with Crippen molar-refractivity contribution in [2.24, 2.45) is 5.92 Å². The molecule has 1 saturated heterocycles. The highest BCUT2D eigenvalue weighted by atomic mass is 16.3. The van der Waals surface area contributed by atoms with Gasteiger partial charge < -0.3 is 10.4 Å². The van der Waals surface area contributed by atoms with E-state index in [4.69, 9.17) is 0 Å². The lowest BCUT2D eigenvalue weighted by Gasteiger charge is -2.29. The van der Waals surface area contributed by atoms with E-state index < -0.39 is 0 Å². The lowest BCUT2D eigenvalue weighted by atomic mass is 9.87. The van der Waals surface area contributed by atoms with Gasteiger partial charge in [-0.05, 0) is 31.7 Å². The van der Waals surface area contributed by atoms with Gasteiger partial charge in [-0.2, -0.15) is 0 Å². The van der Waals surface area contributed by atoms with E-state index >= 15 is 0 Å². The summed E-state index contributed by atoms with van der Waals surface area (Å²) in [5.74, 6) is 0.941. The van der Waals surface area contributed by atoms with E-state index in [1.54, 1.807) is 0 Å². The SMILES string of the molecule is O=C(CN1CCCC(O)C1)NCCC1CCCCC1. The Balaban J connectivity index is 1.56. The molecule has 0 aromatic rings. The van der Waals surface area contributed by atoms with E-state index in [2.05, 4.69) is 10.2 Å². The number of aliphatic hydroxyl groups excluding tert-OH is 1. The molecule has 1 aliphatic heterocycles. The summed E-state index contributed by atoms with van der Waals surface area (Å²) in [6.45, 7) is 2.85. The van der Waals surface area contributed by atoms with E-state index in [9.17, 15) is 9.90 Å². The summed E-state index contributed by atoms with van der Waals surface area (Å²) in [7, 11) is 0. The number of carbonyl (C=O) groups is 1. The smallest absolute Gasteiger partial charge is 0.234 e. The van der Waals surface area contributed by atoms with E-state index in [0.717, 1.165) is 38.3 Å². The first-order valence-corrected chi connectivity index (χ1v) is 7.91. The van der Waals surface area contributed by atoms with Crippen LogP contribution in [0.4, 0.5) is 0 Å². The Morgan fingerprint density at radius 3 is 2.68 bits per heavy atom. The number of piperidine rings is 1. The van der Waals surface area contributed by atoms with Crippen LogP contribution in [-0.2, 0) is 4.79 Å². The van der Waals surface area contributed by atoms with Crippen molar-refractivity contribution in [1.82, 2.24) is 10.2 Å². The van der Waals surface area contributed by atoms with Crippen molar-refractivity contribution >= 4 is 5.91 Å². The molecule has 0 aromatic carbocycles. The molecular weight excluding hydrogens is 240 g/mol. The molecule has 0 spiro atoms. The fraction of sp³-hybridized carbons (Fsp3) is 0.933. The topological polar surface area (TPSA) is 52.6 Å². The van der Waals surface area contributed by atoms with Crippen molar-refractivity contribution in [3.8, 4) is 0 Å². The van der Waals surface area contributed by atoms with E-state index in [-0.39, 0.29) is 12.0 Å². The minimum Gasteiger partial charge on any atom is -0.392 e.